The van der Waals surface area contributed by atoms with Crippen molar-refractivity contribution in [3.8, 4) is 0 Å². The summed E-state index contributed by atoms with van der Waals surface area (Å²) < 4.78 is 0. The van der Waals surface area contributed by atoms with E-state index in [-0.39, 0.29) is 0 Å². The van der Waals surface area contributed by atoms with E-state index in [0.717, 1.165) is 24.2 Å². The fraction of sp³-hybridized carbons (Fsp3) is 1.00. The lowest BCUT2D eigenvalue weighted by Crippen LogP contribution is -3.23. The number of hydrogen-bond donors (Lipinski definition) is 2. The predicted octanol–water partition coefficient (Wildman–Crippen LogP) is 1.71. The second-order valence-electron chi connectivity index (χ2n) is 6.68. The summed E-state index contributed by atoms with van der Waals surface area (Å²) in [7, 11) is 0. The molecule has 0 aromatic carbocycles. The van der Waals surface area contributed by atoms with Crippen LogP contribution >= 0.6 is 0 Å². The zero-order valence-corrected chi connectivity index (χ0v) is 11.4. The summed E-state index contributed by atoms with van der Waals surface area (Å²) in [5.74, 6) is 1.05. The lowest BCUT2D eigenvalue weighted by Gasteiger charge is -2.48. The maximum Gasteiger partial charge on any atom is 0.141 e. The highest BCUT2D eigenvalue weighted by atomic mass is 15.3. The van der Waals surface area contributed by atoms with E-state index >= 15 is 0 Å². The lowest BCUT2D eigenvalue weighted by atomic mass is 9.79. The molecule has 3 aliphatic rings. The summed E-state index contributed by atoms with van der Waals surface area (Å²) in [5, 5.41) is 3.85. The first kappa shape index (κ1) is 12.0. The summed E-state index contributed by atoms with van der Waals surface area (Å²) >= 11 is 0. The number of hydrogen-bond acceptors (Lipinski definition) is 1. The highest BCUT2D eigenvalue weighted by molar-refractivity contribution is 4.82. The van der Waals surface area contributed by atoms with Crippen LogP contribution in [-0.4, -0.2) is 24.8 Å². The summed E-state index contributed by atoms with van der Waals surface area (Å²) in [6.07, 6.45) is 14.1. The molecule has 0 spiro atoms. The Bertz CT molecular complexity index is 247. The van der Waals surface area contributed by atoms with E-state index in [9.17, 15) is 0 Å². The third-order valence-corrected chi connectivity index (χ3v) is 5.44. The summed E-state index contributed by atoms with van der Waals surface area (Å²) in [4.78, 5) is 1.93. The molecule has 0 amide bonds. The van der Waals surface area contributed by atoms with E-state index in [1.807, 2.05) is 4.90 Å². The number of rotatable bonds is 1. The Labute approximate surface area is 106 Å². The van der Waals surface area contributed by atoms with Gasteiger partial charge in [-0.15, -0.1) is 0 Å². The molecule has 2 heteroatoms. The van der Waals surface area contributed by atoms with Gasteiger partial charge in [0.2, 0.25) is 0 Å². The minimum absolute atomic E-state index is 0.758. The average molecular weight is 237 g/mol. The van der Waals surface area contributed by atoms with Crippen molar-refractivity contribution in [1.29, 1.82) is 0 Å². The number of piperidine rings is 1. The zero-order valence-electron chi connectivity index (χ0n) is 11.4. The fourth-order valence-corrected chi connectivity index (χ4v) is 4.65. The molecule has 0 bridgehead atoms. The molecule has 2 N–H and O–H groups in total. The van der Waals surface area contributed by atoms with Crippen LogP contribution in [-0.2, 0) is 0 Å². The number of fused-ring (bicyclic) bond motifs is 1. The Morgan fingerprint density at radius 3 is 2.53 bits per heavy atom. The van der Waals surface area contributed by atoms with Gasteiger partial charge >= 0.3 is 0 Å². The van der Waals surface area contributed by atoms with E-state index in [2.05, 4.69) is 12.2 Å². The van der Waals surface area contributed by atoms with Crippen molar-refractivity contribution in [3.05, 3.63) is 0 Å². The van der Waals surface area contributed by atoms with Crippen LogP contribution in [0, 0.1) is 5.92 Å². The standard InChI is InChI=1S/C15H28N2/c1-12-11-14(13-7-3-2-4-8-13)17-10-6-5-9-15(17)16-12/h12-16H,2-11H2,1H3/p+1. The Kier molecular flexibility index (Phi) is 3.72. The van der Waals surface area contributed by atoms with E-state index < -0.39 is 0 Å². The second-order valence-corrected chi connectivity index (χ2v) is 6.68. The summed E-state index contributed by atoms with van der Waals surface area (Å²) in [5.41, 5.74) is 0. The molecule has 4 atom stereocenters. The van der Waals surface area contributed by atoms with Crippen LogP contribution in [0.5, 0.6) is 0 Å². The van der Waals surface area contributed by atoms with Crippen molar-refractivity contribution >= 4 is 0 Å². The Morgan fingerprint density at radius 1 is 0.941 bits per heavy atom. The molecule has 2 aliphatic heterocycles. The van der Waals surface area contributed by atoms with Gasteiger partial charge in [-0.25, -0.2) is 0 Å². The highest BCUT2D eigenvalue weighted by Gasteiger charge is 2.42. The molecule has 3 rings (SSSR count). The van der Waals surface area contributed by atoms with E-state index in [1.54, 1.807) is 0 Å². The molecule has 1 saturated carbocycles. The van der Waals surface area contributed by atoms with Crippen molar-refractivity contribution < 1.29 is 4.90 Å². The Morgan fingerprint density at radius 2 is 1.71 bits per heavy atom. The van der Waals surface area contributed by atoms with Crippen LogP contribution in [0.4, 0.5) is 0 Å². The van der Waals surface area contributed by atoms with Crippen molar-refractivity contribution in [1.82, 2.24) is 5.32 Å². The van der Waals surface area contributed by atoms with Crippen molar-refractivity contribution in [3.63, 3.8) is 0 Å². The van der Waals surface area contributed by atoms with E-state index in [1.165, 1.54) is 64.3 Å². The summed E-state index contributed by atoms with van der Waals surface area (Å²) in [6.45, 7) is 3.84. The second kappa shape index (κ2) is 5.27. The van der Waals surface area contributed by atoms with Gasteiger partial charge in [-0.1, -0.05) is 19.3 Å². The van der Waals surface area contributed by atoms with Crippen LogP contribution in [0.2, 0.25) is 0 Å². The van der Waals surface area contributed by atoms with Crippen LogP contribution in [0.25, 0.3) is 0 Å². The van der Waals surface area contributed by atoms with Crippen molar-refractivity contribution in [2.45, 2.75) is 83.0 Å². The molecule has 2 nitrogen and oxygen atoms in total. The van der Waals surface area contributed by atoms with E-state index in [0.29, 0.717) is 0 Å². The van der Waals surface area contributed by atoms with Gasteiger partial charge in [-0.2, -0.15) is 0 Å². The van der Waals surface area contributed by atoms with Crippen LogP contribution in [0.1, 0.15) is 64.7 Å². The quantitative estimate of drug-likeness (QED) is 0.710. The molecule has 0 radical (unpaired) electrons. The van der Waals surface area contributed by atoms with Crippen LogP contribution in [0.15, 0.2) is 0 Å². The number of nitrogens with one attached hydrogen (secondary N) is 2. The van der Waals surface area contributed by atoms with Crippen LogP contribution < -0.4 is 10.2 Å². The number of quaternary nitrogens is 1. The van der Waals surface area contributed by atoms with Crippen molar-refractivity contribution in [2.24, 2.45) is 5.92 Å². The van der Waals surface area contributed by atoms with Gasteiger partial charge < -0.3 is 4.90 Å². The molecule has 2 heterocycles. The van der Waals surface area contributed by atoms with Gasteiger partial charge in [0, 0.05) is 24.8 Å². The predicted molar refractivity (Wildman–Crippen MR) is 71.0 cm³/mol. The van der Waals surface area contributed by atoms with Gasteiger partial charge in [-0.05, 0) is 32.6 Å². The first-order valence-corrected chi connectivity index (χ1v) is 7.96. The Balaban J connectivity index is 1.71. The monoisotopic (exact) mass is 237 g/mol. The largest absolute Gasteiger partial charge is 0.317 e. The third kappa shape index (κ3) is 2.53. The first-order chi connectivity index (χ1) is 8.34. The van der Waals surface area contributed by atoms with Crippen LogP contribution in [0.3, 0.4) is 0 Å². The van der Waals surface area contributed by atoms with Gasteiger partial charge in [-0.3, -0.25) is 5.32 Å². The highest BCUT2D eigenvalue weighted by Crippen LogP contribution is 2.28. The fourth-order valence-electron chi connectivity index (χ4n) is 4.65. The molecule has 4 unspecified atom stereocenters. The van der Waals surface area contributed by atoms with Gasteiger partial charge in [0.15, 0.2) is 0 Å². The summed E-state index contributed by atoms with van der Waals surface area (Å²) in [6, 6.07) is 1.74. The lowest BCUT2D eigenvalue weighted by molar-refractivity contribution is -0.967. The van der Waals surface area contributed by atoms with Gasteiger partial charge in [0.25, 0.3) is 0 Å². The minimum atomic E-state index is 0.758. The maximum atomic E-state index is 3.85. The molecule has 3 fully saturated rings. The SMILES string of the molecule is CC1CC(C2CCCCC2)[NH+]2CCCCC2N1. The first-order valence-electron chi connectivity index (χ1n) is 7.96. The molecule has 1 aliphatic carbocycles. The van der Waals surface area contributed by atoms with Crippen molar-refractivity contribution in [2.75, 3.05) is 6.54 Å². The molecule has 0 aromatic rings. The van der Waals surface area contributed by atoms with Gasteiger partial charge in [0.1, 0.15) is 6.17 Å². The molecule has 98 valence electrons. The smallest absolute Gasteiger partial charge is 0.141 e. The molecular weight excluding hydrogens is 208 g/mol. The Hall–Kier alpha value is -0.0800. The molecule has 0 aromatic heterocycles. The third-order valence-electron chi connectivity index (χ3n) is 5.44. The van der Waals surface area contributed by atoms with E-state index in [4.69, 9.17) is 0 Å². The minimum Gasteiger partial charge on any atom is -0.317 e. The molecular formula is C15H29N2+. The molecule has 2 saturated heterocycles. The molecule has 17 heavy (non-hydrogen) atoms. The van der Waals surface area contributed by atoms with Gasteiger partial charge in [0.05, 0.1) is 12.6 Å². The average Bonchev–Trinajstić information content (AvgIpc) is 2.39. The maximum absolute atomic E-state index is 3.85. The zero-order chi connectivity index (χ0) is 11.7. The topological polar surface area (TPSA) is 16.5 Å². The normalized spacial score (nSPS) is 44.3.